The van der Waals surface area contributed by atoms with E-state index in [2.05, 4.69) is 6.92 Å². The maximum atomic E-state index is 10.5. The Labute approximate surface area is 83.9 Å². The Morgan fingerprint density at radius 1 is 1.43 bits per heavy atom. The summed E-state index contributed by atoms with van der Waals surface area (Å²) in [4.78, 5) is 19.0. The van der Waals surface area contributed by atoms with Crippen molar-refractivity contribution in [2.75, 3.05) is 6.61 Å². The van der Waals surface area contributed by atoms with Crippen LogP contribution in [0.2, 0.25) is 0 Å². The van der Waals surface area contributed by atoms with Gasteiger partial charge < -0.3 is 14.7 Å². The van der Waals surface area contributed by atoms with Crippen molar-refractivity contribution in [1.29, 1.82) is 0 Å². The first kappa shape index (κ1) is 13.6. The highest BCUT2D eigenvalue weighted by Crippen LogP contribution is 2.23. The summed E-state index contributed by atoms with van der Waals surface area (Å²) in [6.45, 7) is 2.29. The van der Waals surface area contributed by atoms with Gasteiger partial charge in [-0.3, -0.25) is 4.57 Å². The van der Waals surface area contributed by atoms with E-state index < -0.39 is 19.8 Å². The molecule has 2 atom stereocenters. The Hall–Kier alpha value is -0.380. The highest BCUT2D eigenvalue weighted by molar-refractivity contribution is 7.40. The average Bonchev–Trinajstić information content (AvgIpc) is 2.09. The highest BCUT2D eigenvalue weighted by atomic mass is 31.1. The second-order valence-electron chi connectivity index (χ2n) is 2.99. The molecular formula is C8H17O5P. The molecule has 14 heavy (non-hydrogen) atoms. The molecule has 2 unspecified atom stereocenters. The van der Waals surface area contributed by atoms with Gasteiger partial charge in [-0.1, -0.05) is 26.2 Å². The first-order valence-electron chi connectivity index (χ1n) is 4.66. The van der Waals surface area contributed by atoms with Crippen LogP contribution in [0.5, 0.6) is 0 Å². The summed E-state index contributed by atoms with van der Waals surface area (Å²) < 4.78 is 15.3. The molecule has 0 aromatic rings. The van der Waals surface area contributed by atoms with Gasteiger partial charge in [0.15, 0.2) is 0 Å². The van der Waals surface area contributed by atoms with Crippen molar-refractivity contribution in [2.24, 2.45) is 0 Å². The van der Waals surface area contributed by atoms with Crippen molar-refractivity contribution in [1.82, 2.24) is 0 Å². The molecule has 0 amide bonds. The largest absolute Gasteiger partial charge is 0.479 e. The lowest BCUT2D eigenvalue weighted by molar-refractivity contribution is -0.145. The third-order valence-corrected chi connectivity index (χ3v) is 2.59. The molecule has 6 heteroatoms. The molecule has 0 bridgehead atoms. The molecule has 0 spiro atoms. The van der Waals surface area contributed by atoms with E-state index in [1.54, 1.807) is 0 Å². The zero-order valence-electron chi connectivity index (χ0n) is 8.23. The van der Waals surface area contributed by atoms with Crippen molar-refractivity contribution in [3.05, 3.63) is 0 Å². The summed E-state index contributed by atoms with van der Waals surface area (Å²) in [6, 6.07) is 0. The summed E-state index contributed by atoms with van der Waals surface area (Å²) in [6.07, 6.45) is 3.83. The number of hydrogen-bond donors (Lipinski definition) is 2. The van der Waals surface area contributed by atoms with E-state index in [4.69, 9.17) is 14.7 Å². The number of carbonyl (C=O) groups is 1. The van der Waals surface area contributed by atoms with Crippen LogP contribution in [0.3, 0.4) is 0 Å². The fraction of sp³-hybridized carbons (Fsp3) is 0.875. The zero-order valence-corrected chi connectivity index (χ0v) is 9.23. The minimum Gasteiger partial charge on any atom is -0.479 e. The predicted octanol–water partition coefficient (Wildman–Crippen LogP) is 1.46. The Bertz CT molecular complexity index is 180. The molecule has 0 aliphatic carbocycles. The molecule has 5 nitrogen and oxygen atoms in total. The van der Waals surface area contributed by atoms with E-state index in [1.807, 2.05) is 0 Å². The van der Waals surface area contributed by atoms with Crippen LogP contribution in [0.1, 0.15) is 32.6 Å². The molecule has 0 heterocycles. The maximum Gasteiger partial charge on any atom is 0.342 e. The molecule has 0 aliphatic heterocycles. The average molecular weight is 224 g/mol. The third kappa shape index (κ3) is 6.13. The molecule has 0 saturated carbocycles. The summed E-state index contributed by atoms with van der Waals surface area (Å²) in [5.74, 6) is -2.91. The van der Waals surface area contributed by atoms with E-state index in [9.17, 15) is 9.36 Å². The first-order chi connectivity index (χ1) is 6.59. The quantitative estimate of drug-likeness (QED) is 0.481. The molecular weight excluding hydrogens is 207 g/mol. The monoisotopic (exact) mass is 224 g/mol. The van der Waals surface area contributed by atoms with Crippen LogP contribution in [0.15, 0.2) is 0 Å². The maximum absolute atomic E-state index is 10.5. The Balaban J connectivity index is 3.62. The smallest absolute Gasteiger partial charge is 0.342 e. The van der Waals surface area contributed by atoms with Gasteiger partial charge in [0, 0.05) is 6.61 Å². The van der Waals surface area contributed by atoms with Gasteiger partial charge in [-0.25, -0.2) is 4.79 Å². The molecule has 0 aromatic heterocycles. The van der Waals surface area contributed by atoms with Crippen LogP contribution in [0.4, 0.5) is 0 Å². The van der Waals surface area contributed by atoms with Crippen molar-refractivity contribution in [3.63, 3.8) is 0 Å². The molecule has 0 saturated heterocycles. The number of carboxylic acid groups (broad SMARTS) is 1. The Morgan fingerprint density at radius 2 is 2.07 bits per heavy atom. The number of rotatable bonds is 8. The lowest BCUT2D eigenvalue weighted by atomic mass is 10.2. The standard InChI is InChI=1S/C8H17O5P/c1-2-3-4-5-6-13-8(7(9)10)14(11)12/h8,14H,2-6H2,1H3,(H,9,10)(H,11,12). The van der Waals surface area contributed by atoms with E-state index >= 15 is 0 Å². The SMILES string of the molecule is CCCCCCOC(C(=O)O)[PH](=O)O. The lowest BCUT2D eigenvalue weighted by Gasteiger charge is -2.09. The number of hydrogen-bond acceptors (Lipinski definition) is 3. The number of carboxylic acids is 1. The molecule has 0 radical (unpaired) electrons. The van der Waals surface area contributed by atoms with Crippen molar-refractivity contribution in [3.8, 4) is 0 Å². The van der Waals surface area contributed by atoms with Crippen LogP contribution < -0.4 is 0 Å². The lowest BCUT2D eigenvalue weighted by Crippen LogP contribution is -2.20. The molecule has 0 fully saturated rings. The van der Waals surface area contributed by atoms with Crippen molar-refractivity contribution in [2.45, 2.75) is 38.5 Å². The van der Waals surface area contributed by atoms with Gasteiger partial charge in [-0.15, -0.1) is 0 Å². The van der Waals surface area contributed by atoms with Crippen molar-refractivity contribution < 1.29 is 24.1 Å². The fourth-order valence-corrected chi connectivity index (χ4v) is 1.45. The van der Waals surface area contributed by atoms with Gasteiger partial charge in [-0.2, -0.15) is 0 Å². The minimum absolute atomic E-state index is 0.230. The summed E-state index contributed by atoms with van der Waals surface area (Å²) in [5, 5.41) is 8.49. The van der Waals surface area contributed by atoms with E-state index in [0.29, 0.717) is 0 Å². The van der Waals surface area contributed by atoms with Crippen LogP contribution in [-0.2, 0) is 14.1 Å². The Morgan fingerprint density at radius 3 is 2.50 bits per heavy atom. The van der Waals surface area contributed by atoms with Gasteiger partial charge in [0.25, 0.3) is 0 Å². The van der Waals surface area contributed by atoms with E-state index in [1.165, 1.54) is 0 Å². The van der Waals surface area contributed by atoms with Gasteiger partial charge in [-0.05, 0) is 6.42 Å². The van der Waals surface area contributed by atoms with E-state index in [-0.39, 0.29) is 6.61 Å². The molecule has 84 valence electrons. The highest BCUT2D eigenvalue weighted by Gasteiger charge is 2.23. The van der Waals surface area contributed by atoms with Gasteiger partial charge in [0.1, 0.15) is 0 Å². The molecule has 0 aliphatic rings. The van der Waals surface area contributed by atoms with Crippen LogP contribution in [-0.4, -0.2) is 28.4 Å². The molecule has 0 rings (SSSR count). The zero-order chi connectivity index (χ0) is 11.0. The summed E-state index contributed by atoms with van der Waals surface area (Å²) >= 11 is 0. The first-order valence-corrected chi connectivity index (χ1v) is 6.10. The second-order valence-corrected chi connectivity index (χ2v) is 4.19. The third-order valence-electron chi connectivity index (χ3n) is 1.73. The number of unbranched alkanes of at least 4 members (excludes halogenated alkanes) is 3. The summed E-state index contributed by atoms with van der Waals surface area (Å²) in [7, 11) is -3.14. The van der Waals surface area contributed by atoms with Gasteiger partial charge >= 0.3 is 5.97 Å². The van der Waals surface area contributed by atoms with Crippen LogP contribution in [0, 0.1) is 0 Å². The normalized spacial score (nSPS) is 15.0. The fourth-order valence-electron chi connectivity index (χ4n) is 0.978. The van der Waals surface area contributed by atoms with Crippen LogP contribution in [0.25, 0.3) is 0 Å². The Kier molecular flexibility index (Phi) is 7.76. The van der Waals surface area contributed by atoms with Crippen molar-refractivity contribution >= 4 is 14.0 Å². The number of ether oxygens (including phenoxy) is 1. The topological polar surface area (TPSA) is 83.8 Å². The van der Waals surface area contributed by atoms with E-state index in [0.717, 1.165) is 25.7 Å². The number of aliphatic carboxylic acids is 1. The van der Waals surface area contributed by atoms with Gasteiger partial charge in [0.05, 0.1) is 0 Å². The summed E-state index contributed by atoms with van der Waals surface area (Å²) in [5.41, 5.74) is 0. The second kappa shape index (κ2) is 7.97. The van der Waals surface area contributed by atoms with Crippen LogP contribution >= 0.6 is 8.03 Å². The minimum atomic E-state index is -3.14. The predicted molar refractivity (Wildman–Crippen MR) is 52.7 cm³/mol. The molecule has 0 aromatic carbocycles. The van der Waals surface area contributed by atoms with Gasteiger partial charge in [0.2, 0.25) is 13.9 Å². The molecule has 2 N–H and O–H groups in total.